The number of esters is 1. The van der Waals surface area contributed by atoms with Crippen LogP contribution in [-0.4, -0.2) is 32.1 Å². The predicted octanol–water partition coefficient (Wildman–Crippen LogP) is 2.64. The number of ketones is 1. The number of ether oxygens (including phenoxy) is 3. The highest BCUT2D eigenvalue weighted by molar-refractivity contribution is 5.97. The molecule has 2 aromatic rings. The van der Waals surface area contributed by atoms with E-state index in [0.717, 1.165) is 0 Å². The van der Waals surface area contributed by atoms with E-state index in [1.165, 1.54) is 24.3 Å². The molecule has 0 saturated heterocycles. The van der Waals surface area contributed by atoms with Crippen LogP contribution in [0.3, 0.4) is 0 Å². The molecule has 2 rings (SSSR count). The van der Waals surface area contributed by atoms with Crippen molar-refractivity contribution in [3.05, 3.63) is 59.9 Å². The molecule has 0 amide bonds. The molecule has 0 N–H and O–H groups in total. The number of hydrogen-bond acceptors (Lipinski definition) is 5. The maximum atomic E-state index is 12.8. The van der Waals surface area contributed by atoms with Gasteiger partial charge in [0.1, 0.15) is 17.3 Å². The van der Waals surface area contributed by atoms with Crippen LogP contribution in [0, 0.1) is 5.82 Å². The molecule has 2 aromatic carbocycles. The Morgan fingerprint density at radius 1 is 0.913 bits per heavy atom. The molecule has 0 aliphatic rings. The van der Waals surface area contributed by atoms with Crippen LogP contribution in [0.25, 0.3) is 0 Å². The van der Waals surface area contributed by atoms with E-state index < -0.39 is 24.2 Å². The van der Waals surface area contributed by atoms with Crippen molar-refractivity contribution in [1.82, 2.24) is 0 Å². The van der Waals surface area contributed by atoms with Gasteiger partial charge in [0.25, 0.3) is 0 Å². The van der Waals surface area contributed by atoms with Crippen molar-refractivity contribution in [2.24, 2.45) is 0 Å². The third-order valence-corrected chi connectivity index (χ3v) is 2.95. The molecular weight excluding hydrogens is 303 g/mol. The van der Waals surface area contributed by atoms with Crippen molar-refractivity contribution in [2.75, 3.05) is 20.3 Å². The Morgan fingerprint density at radius 2 is 1.52 bits per heavy atom. The number of halogens is 1. The largest absolute Gasteiger partial charge is 0.497 e. The maximum Gasteiger partial charge on any atom is 0.344 e. The molecule has 0 saturated carbocycles. The van der Waals surface area contributed by atoms with Crippen LogP contribution in [0.5, 0.6) is 11.5 Å². The van der Waals surface area contributed by atoms with E-state index in [9.17, 15) is 14.0 Å². The number of Topliss-reactive ketones (excluding diaryl/α,β-unsaturated/α-hetero) is 1. The summed E-state index contributed by atoms with van der Waals surface area (Å²) in [4.78, 5) is 23.3. The Labute approximate surface area is 132 Å². The van der Waals surface area contributed by atoms with Crippen molar-refractivity contribution in [3.63, 3.8) is 0 Å². The first-order chi connectivity index (χ1) is 11.1. The third kappa shape index (κ3) is 5.10. The molecule has 0 spiro atoms. The minimum atomic E-state index is -0.670. The van der Waals surface area contributed by atoms with E-state index in [4.69, 9.17) is 14.2 Å². The highest BCUT2D eigenvalue weighted by Crippen LogP contribution is 2.16. The Kier molecular flexibility index (Phi) is 5.68. The molecule has 0 aromatic heterocycles. The van der Waals surface area contributed by atoms with Crippen LogP contribution in [-0.2, 0) is 9.53 Å². The molecule has 0 aliphatic carbocycles. The van der Waals surface area contributed by atoms with E-state index in [1.54, 1.807) is 31.4 Å². The average molecular weight is 318 g/mol. The lowest BCUT2D eigenvalue weighted by atomic mass is 10.1. The summed E-state index contributed by atoms with van der Waals surface area (Å²) in [5.41, 5.74) is 0.273. The molecule has 23 heavy (non-hydrogen) atoms. The molecule has 0 bridgehead atoms. The van der Waals surface area contributed by atoms with Gasteiger partial charge in [0.2, 0.25) is 0 Å². The molecule has 0 atom stereocenters. The summed E-state index contributed by atoms with van der Waals surface area (Å²) in [6.07, 6.45) is 0. The van der Waals surface area contributed by atoms with Gasteiger partial charge in [0.05, 0.1) is 7.11 Å². The Bertz CT molecular complexity index is 664. The lowest BCUT2D eigenvalue weighted by Gasteiger charge is -2.07. The van der Waals surface area contributed by atoms with E-state index in [2.05, 4.69) is 0 Å². The Balaban J connectivity index is 1.76. The monoisotopic (exact) mass is 318 g/mol. The van der Waals surface area contributed by atoms with Crippen molar-refractivity contribution < 1.29 is 28.2 Å². The number of carbonyl (C=O) groups excluding carboxylic acids is 2. The first kappa shape index (κ1) is 16.5. The second kappa shape index (κ2) is 7.93. The normalized spacial score (nSPS) is 10.0. The third-order valence-electron chi connectivity index (χ3n) is 2.95. The van der Waals surface area contributed by atoms with Gasteiger partial charge in [0.15, 0.2) is 19.0 Å². The van der Waals surface area contributed by atoms with Crippen molar-refractivity contribution in [1.29, 1.82) is 0 Å². The van der Waals surface area contributed by atoms with Gasteiger partial charge in [-0.25, -0.2) is 9.18 Å². The van der Waals surface area contributed by atoms with Crippen molar-refractivity contribution in [3.8, 4) is 11.5 Å². The average Bonchev–Trinajstić information content (AvgIpc) is 2.59. The van der Waals surface area contributed by atoms with E-state index in [1.807, 2.05) is 0 Å². The lowest BCUT2D eigenvalue weighted by molar-refractivity contribution is -0.144. The Morgan fingerprint density at radius 3 is 2.13 bits per heavy atom. The van der Waals surface area contributed by atoms with E-state index in [0.29, 0.717) is 11.5 Å². The molecule has 0 heterocycles. The number of hydrogen-bond donors (Lipinski definition) is 0. The van der Waals surface area contributed by atoms with Crippen LogP contribution in [0.2, 0.25) is 0 Å². The van der Waals surface area contributed by atoms with Gasteiger partial charge in [-0.3, -0.25) is 4.79 Å². The molecule has 0 aliphatic heterocycles. The van der Waals surface area contributed by atoms with Crippen LogP contribution in [0.4, 0.5) is 4.39 Å². The summed E-state index contributed by atoms with van der Waals surface area (Å²) >= 11 is 0. The lowest BCUT2D eigenvalue weighted by Crippen LogP contribution is -2.19. The van der Waals surface area contributed by atoms with Gasteiger partial charge in [-0.05, 0) is 48.5 Å². The molecule has 120 valence electrons. The van der Waals surface area contributed by atoms with Crippen LogP contribution in [0.15, 0.2) is 48.5 Å². The summed E-state index contributed by atoms with van der Waals surface area (Å²) < 4.78 is 27.8. The number of carbonyl (C=O) groups is 2. The van der Waals surface area contributed by atoms with E-state index >= 15 is 0 Å². The van der Waals surface area contributed by atoms with Crippen LogP contribution in [0.1, 0.15) is 10.4 Å². The summed E-state index contributed by atoms with van der Waals surface area (Å²) in [5.74, 6) is -0.372. The second-order valence-electron chi connectivity index (χ2n) is 4.55. The smallest absolute Gasteiger partial charge is 0.344 e. The van der Waals surface area contributed by atoms with Gasteiger partial charge < -0.3 is 14.2 Å². The van der Waals surface area contributed by atoms with Gasteiger partial charge >= 0.3 is 5.97 Å². The number of benzene rings is 2. The zero-order valence-corrected chi connectivity index (χ0v) is 12.5. The van der Waals surface area contributed by atoms with E-state index in [-0.39, 0.29) is 12.2 Å². The van der Waals surface area contributed by atoms with Gasteiger partial charge in [-0.1, -0.05) is 0 Å². The molecular formula is C17H15FO5. The van der Waals surface area contributed by atoms with Gasteiger partial charge in [-0.15, -0.1) is 0 Å². The fourth-order valence-electron chi connectivity index (χ4n) is 1.72. The zero-order chi connectivity index (χ0) is 16.7. The zero-order valence-electron chi connectivity index (χ0n) is 12.5. The topological polar surface area (TPSA) is 61.8 Å². The summed E-state index contributed by atoms with van der Waals surface area (Å²) in [6.45, 7) is -0.737. The number of rotatable bonds is 7. The highest BCUT2D eigenvalue weighted by atomic mass is 19.1. The Hall–Kier alpha value is -2.89. The minimum Gasteiger partial charge on any atom is -0.497 e. The van der Waals surface area contributed by atoms with Crippen LogP contribution >= 0.6 is 0 Å². The first-order valence-electron chi connectivity index (χ1n) is 6.80. The first-order valence-corrected chi connectivity index (χ1v) is 6.80. The highest BCUT2D eigenvalue weighted by Gasteiger charge is 2.10. The SMILES string of the molecule is COc1ccc(OCC(=O)OCC(=O)c2ccc(F)cc2)cc1. The van der Waals surface area contributed by atoms with Crippen LogP contribution < -0.4 is 9.47 Å². The molecule has 0 radical (unpaired) electrons. The minimum absolute atomic E-state index is 0.273. The summed E-state index contributed by atoms with van der Waals surface area (Å²) in [6, 6.07) is 11.7. The quantitative estimate of drug-likeness (QED) is 0.580. The predicted molar refractivity (Wildman–Crippen MR) is 80.2 cm³/mol. The van der Waals surface area contributed by atoms with Gasteiger partial charge in [-0.2, -0.15) is 0 Å². The van der Waals surface area contributed by atoms with Crippen molar-refractivity contribution >= 4 is 11.8 Å². The maximum absolute atomic E-state index is 12.8. The molecule has 5 nitrogen and oxygen atoms in total. The van der Waals surface area contributed by atoms with Crippen molar-refractivity contribution in [2.45, 2.75) is 0 Å². The molecule has 0 unspecified atom stereocenters. The standard InChI is InChI=1S/C17H15FO5/c1-21-14-6-8-15(9-7-14)22-11-17(20)23-10-16(19)12-2-4-13(18)5-3-12/h2-9H,10-11H2,1H3. The second-order valence-corrected chi connectivity index (χ2v) is 4.55. The fraction of sp³-hybridized carbons (Fsp3) is 0.176. The molecule has 0 fully saturated rings. The number of methoxy groups -OCH3 is 1. The van der Waals surface area contributed by atoms with Gasteiger partial charge in [0, 0.05) is 5.56 Å². The summed E-state index contributed by atoms with van der Waals surface area (Å²) in [5, 5.41) is 0. The fourth-order valence-corrected chi connectivity index (χ4v) is 1.72. The summed E-state index contributed by atoms with van der Waals surface area (Å²) in [7, 11) is 1.55. The molecule has 6 heteroatoms.